The van der Waals surface area contributed by atoms with Gasteiger partial charge in [0.05, 0.1) is 38.6 Å². The maximum atomic E-state index is 13.4. The van der Waals surface area contributed by atoms with Crippen molar-refractivity contribution in [2.45, 2.75) is 324 Å². The van der Waals surface area contributed by atoms with Crippen LogP contribution in [0.3, 0.4) is 0 Å². The highest BCUT2D eigenvalue weighted by molar-refractivity contribution is 5.76. The van der Waals surface area contributed by atoms with Gasteiger partial charge < -0.3 is 89.9 Å². The Hall–Kier alpha value is -4.59. The fourth-order valence-electron chi connectivity index (χ4n) is 11.7. The molecule has 0 bridgehead atoms. The summed E-state index contributed by atoms with van der Waals surface area (Å²) in [7, 11) is 0. The van der Waals surface area contributed by atoms with Crippen molar-refractivity contribution in [3.8, 4) is 0 Å². The van der Waals surface area contributed by atoms with E-state index in [0.29, 0.717) is 12.8 Å². The predicted molar refractivity (Wildman–Crippen MR) is 401 cm³/mol. The molecular weight excluding hydrogens is 1290 g/mol. The van der Waals surface area contributed by atoms with Crippen molar-refractivity contribution in [1.82, 2.24) is 5.32 Å². The molecule has 12 N–H and O–H groups in total. The molecule has 0 aromatic heterocycles. The van der Waals surface area contributed by atoms with Gasteiger partial charge in [0.2, 0.25) is 5.91 Å². The Bertz CT molecular complexity index is 2440. The fraction of sp³-hybridized carbons (Fsp3) is 0.671. The van der Waals surface area contributed by atoms with Gasteiger partial charge in [0.1, 0.15) is 73.2 Å². The van der Waals surface area contributed by atoms with Gasteiger partial charge in [-0.05, 0) is 116 Å². The SMILES string of the molecule is CC/C=C\C/C=C\C/C=C\C/C=C\C/C=C\C/C=C\C/C=C\C/C=C\C/C=C\C/C=C\C/C=C\CCCCCC(=O)NC(COC1OC(CO)C(OC2OC(CO)C(OC3OC(CO)C(O)C(O)C3O)C(O)C2O)C(O)C1O)C(O)/C=C/CC/C=C/CCCCCCCCCCCCCCC. The van der Waals surface area contributed by atoms with E-state index >= 15 is 0 Å². The number of hydrogen-bond acceptors (Lipinski definition) is 18. The first-order valence-electron chi connectivity index (χ1n) is 38.2. The van der Waals surface area contributed by atoms with Crippen LogP contribution in [0.5, 0.6) is 0 Å². The standard InChI is InChI=1S/C82H133NO18/c1-3-5-7-9-11-13-15-17-19-21-23-24-25-26-27-28-29-30-31-32-33-34-35-36-37-38-39-40-42-44-46-48-50-52-54-56-58-60-70(88)83-65(66(87)59-57-55-53-51-49-47-45-43-41-22-20-18-16-14-12-10-8-6-4-2)64-96-80-76(94)73(91)78(68(62-85)98-80)101-82-77(95)74(92)79(69(63-86)99-82)100-81-75(93)72(90)71(89)67(61-84)97-81/h5,7,11,13,17,19,23-24,26-27,29-30,32-33,35-36,38-39,42,44,48-51,57,59,65-69,71-82,84-87,89-95H,3-4,6,8-10,12,14-16,18,20-22,25,28,31,34,37,40-41,43,45-47,52-56,58,60-64H2,1-2H3,(H,83,88)/b7-5-,13-11-,19-17-,24-23-,27-26-,30-29-,33-32-,36-35-,39-38-,44-42-,50-48-,51-49+,59-57+. The summed E-state index contributed by atoms with van der Waals surface area (Å²) < 4.78 is 34.3. The molecule has 19 heteroatoms. The molecule has 0 aromatic carbocycles. The van der Waals surface area contributed by atoms with Gasteiger partial charge in [-0.2, -0.15) is 0 Å². The number of hydrogen-bond donors (Lipinski definition) is 12. The number of unbranched alkanes of at least 4 members (excludes halogenated alkanes) is 17. The maximum absolute atomic E-state index is 13.4. The van der Waals surface area contributed by atoms with Crippen molar-refractivity contribution < 1.29 is 89.4 Å². The van der Waals surface area contributed by atoms with Crippen LogP contribution in [0.1, 0.15) is 219 Å². The Labute approximate surface area is 605 Å². The molecule has 3 heterocycles. The first-order chi connectivity index (χ1) is 49.3. The quantitative estimate of drug-likeness (QED) is 0.0199. The number of aliphatic hydroxyl groups is 11. The van der Waals surface area contributed by atoms with Gasteiger partial charge in [0.15, 0.2) is 18.9 Å². The van der Waals surface area contributed by atoms with Crippen LogP contribution in [0.15, 0.2) is 158 Å². The third-order valence-electron chi connectivity index (χ3n) is 17.8. The van der Waals surface area contributed by atoms with Crippen molar-refractivity contribution in [3.05, 3.63) is 158 Å². The Balaban J connectivity index is 1.41. The number of carbonyl (C=O) groups is 1. The average molecular weight is 1420 g/mol. The third-order valence-corrected chi connectivity index (χ3v) is 17.8. The lowest BCUT2D eigenvalue weighted by Crippen LogP contribution is -2.66. The van der Waals surface area contributed by atoms with Crippen molar-refractivity contribution >= 4 is 5.91 Å². The van der Waals surface area contributed by atoms with Crippen LogP contribution < -0.4 is 5.32 Å². The molecule has 0 saturated carbocycles. The van der Waals surface area contributed by atoms with E-state index in [9.17, 15) is 61.0 Å². The Morgan fingerprint density at radius 2 is 0.693 bits per heavy atom. The third kappa shape index (κ3) is 41.0. The molecule has 101 heavy (non-hydrogen) atoms. The van der Waals surface area contributed by atoms with Gasteiger partial charge >= 0.3 is 0 Å². The van der Waals surface area contributed by atoms with E-state index < -0.39 is 131 Å². The van der Waals surface area contributed by atoms with Crippen LogP contribution in [-0.4, -0.2) is 193 Å². The zero-order valence-electron chi connectivity index (χ0n) is 61.1. The lowest BCUT2D eigenvalue weighted by Gasteiger charge is -2.48. The second-order valence-electron chi connectivity index (χ2n) is 26.4. The summed E-state index contributed by atoms with van der Waals surface area (Å²) in [5.41, 5.74) is 0. The van der Waals surface area contributed by atoms with Crippen molar-refractivity contribution in [3.63, 3.8) is 0 Å². The molecule has 0 spiro atoms. The lowest BCUT2D eigenvalue weighted by molar-refractivity contribution is -0.379. The smallest absolute Gasteiger partial charge is 0.220 e. The highest BCUT2D eigenvalue weighted by Crippen LogP contribution is 2.33. The minimum Gasteiger partial charge on any atom is -0.394 e. The minimum absolute atomic E-state index is 0.184. The normalized spacial score (nSPS) is 27.2. The van der Waals surface area contributed by atoms with Gasteiger partial charge in [-0.25, -0.2) is 0 Å². The molecule has 3 aliphatic rings. The summed E-state index contributed by atoms with van der Waals surface area (Å²) in [4.78, 5) is 13.4. The predicted octanol–water partition coefficient (Wildman–Crippen LogP) is 12.1. The molecule has 3 aliphatic heterocycles. The topological polar surface area (TPSA) is 307 Å². The van der Waals surface area contributed by atoms with E-state index in [1.54, 1.807) is 6.08 Å². The molecule has 0 radical (unpaired) electrons. The second kappa shape index (κ2) is 60.7. The minimum atomic E-state index is -1.99. The Kier molecular flexibility index (Phi) is 54.4. The zero-order chi connectivity index (χ0) is 73.2. The molecule has 17 atom stereocenters. The van der Waals surface area contributed by atoms with Gasteiger partial charge in [0, 0.05) is 6.42 Å². The summed E-state index contributed by atoms with van der Waals surface area (Å²) in [5, 5.41) is 121. The van der Waals surface area contributed by atoms with Crippen molar-refractivity contribution in [1.29, 1.82) is 0 Å². The highest BCUT2D eigenvalue weighted by Gasteiger charge is 2.53. The van der Waals surface area contributed by atoms with Gasteiger partial charge in [-0.1, -0.05) is 255 Å². The summed E-state index contributed by atoms with van der Waals surface area (Å²) in [5.74, 6) is -0.324. The lowest BCUT2D eigenvalue weighted by atomic mass is 9.96. The van der Waals surface area contributed by atoms with Crippen molar-refractivity contribution in [2.24, 2.45) is 0 Å². The van der Waals surface area contributed by atoms with Gasteiger partial charge in [-0.3, -0.25) is 4.79 Å². The summed E-state index contributed by atoms with van der Waals surface area (Å²) in [6.45, 7) is 1.56. The van der Waals surface area contributed by atoms with E-state index in [-0.39, 0.29) is 12.3 Å². The van der Waals surface area contributed by atoms with Crippen LogP contribution in [0.2, 0.25) is 0 Å². The van der Waals surface area contributed by atoms with E-state index in [2.05, 4.69) is 165 Å². The van der Waals surface area contributed by atoms with Crippen LogP contribution >= 0.6 is 0 Å². The largest absolute Gasteiger partial charge is 0.394 e. The fourth-order valence-corrected chi connectivity index (χ4v) is 11.7. The number of carbonyl (C=O) groups excluding carboxylic acids is 1. The zero-order valence-corrected chi connectivity index (χ0v) is 61.1. The Morgan fingerprint density at radius 1 is 0.366 bits per heavy atom. The van der Waals surface area contributed by atoms with E-state index in [0.717, 1.165) is 109 Å². The number of aliphatic hydroxyl groups excluding tert-OH is 11. The van der Waals surface area contributed by atoms with E-state index in [4.69, 9.17) is 28.4 Å². The van der Waals surface area contributed by atoms with E-state index in [1.807, 2.05) is 6.08 Å². The van der Waals surface area contributed by atoms with Crippen LogP contribution in [0.25, 0.3) is 0 Å². The van der Waals surface area contributed by atoms with E-state index in [1.165, 1.54) is 77.0 Å². The number of ether oxygens (including phenoxy) is 6. The number of amides is 1. The molecule has 574 valence electrons. The van der Waals surface area contributed by atoms with Crippen LogP contribution in [-0.2, 0) is 33.2 Å². The summed E-state index contributed by atoms with van der Waals surface area (Å²) in [6, 6.07) is -1.02. The average Bonchev–Trinajstić information content (AvgIpc) is 0.789. The first kappa shape index (κ1) is 90.6. The monoisotopic (exact) mass is 1420 g/mol. The molecule has 17 unspecified atom stereocenters. The molecule has 0 aromatic rings. The highest BCUT2D eigenvalue weighted by atomic mass is 16.8. The summed E-state index contributed by atoms with van der Waals surface area (Å²) in [6.07, 6.45) is 62.2. The molecule has 19 nitrogen and oxygen atoms in total. The number of nitrogens with one attached hydrogen (secondary N) is 1. The van der Waals surface area contributed by atoms with Gasteiger partial charge in [0.25, 0.3) is 0 Å². The molecule has 3 saturated heterocycles. The second-order valence-corrected chi connectivity index (χ2v) is 26.4. The first-order valence-corrected chi connectivity index (χ1v) is 38.2. The summed E-state index contributed by atoms with van der Waals surface area (Å²) >= 11 is 0. The maximum Gasteiger partial charge on any atom is 0.220 e. The van der Waals surface area contributed by atoms with Crippen molar-refractivity contribution in [2.75, 3.05) is 26.4 Å². The number of allylic oxidation sites excluding steroid dienone is 25. The van der Waals surface area contributed by atoms with Crippen LogP contribution in [0, 0.1) is 0 Å². The Morgan fingerprint density at radius 3 is 1.11 bits per heavy atom. The molecule has 3 fully saturated rings. The molecule has 3 rings (SSSR count). The molecule has 1 amide bonds. The van der Waals surface area contributed by atoms with Gasteiger partial charge in [-0.15, -0.1) is 0 Å². The molecular formula is C82H133NO18. The number of rotatable bonds is 57. The molecule has 0 aliphatic carbocycles. The van der Waals surface area contributed by atoms with Crippen LogP contribution in [0.4, 0.5) is 0 Å².